The van der Waals surface area contributed by atoms with Crippen molar-refractivity contribution in [2.45, 2.75) is 27.0 Å². The van der Waals surface area contributed by atoms with E-state index in [0.717, 1.165) is 18.7 Å². The minimum atomic E-state index is -2.82. The van der Waals surface area contributed by atoms with Gasteiger partial charge in [0.25, 0.3) is 0 Å². The molecule has 0 aromatic heterocycles. The van der Waals surface area contributed by atoms with Gasteiger partial charge in [-0.25, -0.2) is 4.99 Å². The van der Waals surface area contributed by atoms with E-state index in [2.05, 4.69) is 9.73 Å². The molecule has 0 radical (unpaired) electrons. The molecule has 0 saturated heterocycles. The molecule has 0 spiro atoms. The van der Waals surface area contributed by atoms with E-state index in [1.165, 1.54) is 12.1 Å². The number of ether oxygens (including phenoxy) is 1. The van der Waals surface area contributed by atoms with Gasteiger partial charge in [0, 0.05) is 13.1 Å². The Morgan fingerprint density at radius 3 is 2.55 bits per heavy atom. The topological polar surface area (TPSA) is 50.8 Å². The lowest BCUT2D eigenvalue weighted by Crippen LogP contribution is -2.37. The Morgan fingerprint density at radius 1 is 1.35 bits per heavy atom. The lowest BCUT2D eigenvalue weighted by molar-refractivity contribution is -0.0498. The maximum atomic E-state index is 12.1. The molecular formula is C13H20F2IN3O. The van der Waals surface area contributed by atoms with Gasteiger partial charge < -0.3 is 15.4 Å². The fourth-order valence-electron chi connectivity index (χ4n) is 1.64. The molecular weight excluding hydrogens is 379 g/mol. The third-order valence-electron chi connectivity index (χ3n) is 2.63. The molecule has 20 heavy (non-hydrogen) atoms. The number of benzene rings is 1. The van der Waals surface area contributed by atoms with E-state index in [1.807, 2.05) is 18.7 Å². The molecule has 0 bridgehead atoms. The molecule has 0 amide bonds. The van der Waals surface area contributed by atoms with Crippen LogP contribution in [0.15, 0.2) is 29.3 Å². The van der Waals surface area contributed by atoms with Gasteiger partial charge >= 0.3 is 6.61 Å². The van der Waals surface area contributed by atoms with Gasteiger partial charge in [-0.3, -0.25) is 0 Å². The van der Waals surface area contributed by atoms with Crippen LogP contribution >= 0.6 is 24.0 Å². The SMILES string of the molecule is CCN(CC)C(N)=NCc1cccc(OC(F)F)c1.I. The Kier molecular flexibility index (Phi) is 9.19. The standard InChI is InChI=1S/C13H19F2N3O.HI/c1-3-18(4-2)13(16)17-9-10-6-5-7-11(8-10)19-12(14)15;/h5-8,12H,3-4,9H2,1-2H3,(H2,16,17);1H. The van der Waals surface area contributed by atoms with E-state index < -0.39 is 6.61 Å². The minimum absolute atomic E-state index is 0. The summed E-state index contributed by atoms with van der Waals surface area (Å²) in [4.78, 5) is 6.15. The second kappa shape index (κ2) is 9.73. The maximum Gasteiger partial charge on any atom is 0.387 e. The number of aliphatic imine (C=N–C) groups is 1. The third kappa shape index (κ3) is 6.36. The van der Waals surface area contributed by atoms with Gasteiger partial charge in [0.05, 0.1) is 6.54 Å². The lowest BCUT2D eigenvalue weighted by Gasteiger charge is -2.19. The summed E-state index contributed by atoms with van der Waals surface area (Å²) in [7, 11) is 0. The maximum absolute atomic E-state index is 12.1. The zero-order valence-electron chi connectivity index (χ0n) is 11.6. The first kappa shape index (κ1) is 18.9. The fraction of sp³-hybridized carbons (Fsp3) is 0.462. The number of nitrogens with two attached hydrogens (primary N) is 1. The highest BCUT2D eigenvalue weighted by molar-refractivity contribution is 14.0. The number of rotatable bonds is 6. The molecule has 1 aromatic carbocycles. The number of nitrogens with zero attached hydrogens (tertiary/aromatic N) is 2. The van der Waals surface area contributed by atoms with Crippen LogP contribution in [0.5, 0.6) is 5.75 Å². The van der Waals surface area contributed by atoms with Gasteiger partial charge in [-0.15, -0.1) is 24.0 Å². The van der Waals surface area contributed by atoms with E-state index in [4.69, 9.17) is 5.73 Å². The lowest BCUT2D eigenvalue weighted by atomic mass is 10.2. The van der Waals surface area contributed by atoms with Gasteiger partial charge in [0.2, 0.25) is 0 Å². The normalized spacial score (nSPS) is 11.2. The Hall–Kier alpha value is -1.12. The van der Waals surface area contributed by atoms with Crippen LogP contribution in [-0.4, -0.2) is 30.6 Å². The molecule has 0 aliphatic heterocycles. The van der Waals surface area contributed by atoms with Crippen molar-refractivity contribution in [1.29, 1.82) is 0 Å². The average molecular weight is 399 g/mol. The summed E-state index contributed by atoms with van der Waals surface area (Å²) < 4.78 is 28.5. The summed E-state index contributed by atoms with van der Waals surface area (Å²) in [5, 5.41) is 0. The summed E-state index contributed by atoms with van der Waals surface area (Å²) in [5.74, 6) is 0.578. The smallest absolute Gasteiger partial charge is 0.387 e. The largest absolute Gasteiger partial charge is 0.435 e. The van der Waals surface area contributed by atoms with Crippen molar-refractivity contribution in [3.63, 3.8) is 0 Å². The quantitative estimate of drug-likeness (QED) is 0.455. The summed E-state index contributed by atoms with van der Waals surface area (Å²) in [6, 6.07) is 6.45. The van der Waals surface area contributed by atoms with Gasteiger partial charge in [-0.2, -0.15) is 8.78 Å². The van der Waals surface area contributed by atoms with Crippen LogP contribution < -0.4 is 10.5 Å². The van der Waals surface area contributed by atoms with Crippen LogP contribution in [0, 0.1) is 0 Å². The molecule has 0 heterocycles. The van der Waals surface area contributed by atoms with Crippen LogP contribution in [0.1, 0.15) is 19.4 Å². The summed E-state index contributed by atoms with van der Waals surface area (Å²) >= 11 is 0. The molecule has 0 atom stereocenters. The van der Waals surface area contributed by atoms with Crippen molar-refractivity contribution in [1.82, 2.24) is 4.90 Å². The highest BCUT2D eigenvalue weighted by Gasteiger charge is 2.05. The first-order chi connectivity index (χ1) is 9.06. The number of hydrogen-bond acceptors (Lipinski definition) is 2. The first-order valence-electron chi connectivity index (χ1n) is 6.15. The van der Waals surface area contributed by atoms with E-state index in [9.17, 15) is 8.78 Å². The van der Waals surface area contributed by atoms with Crippen LogP contribution in [0.3, 0.4) is 0 Å². The zero-order chi connectivity index (χ0) is 14.3. The monoisotopic (exact) mass is 399 g/mol. The van der Waals surface area contributed by atoms with Crippen molar-refractivity contribution in [3.8, 4) is 5.75 Å². The van der Waals surface area contributed by atoms with Crippen LogP contribution in [-0.2, 0) is 6.54 Å². The predicted octanol–water partition coefficient (Wildman–Crippen LogP) is 3.06. The van der Waals surface area contributed by atoms with Crippen molar-refractivity contribution in [2.75, 3.05) is 13.1 Å². The van der Waals surface area contributed by atoms with Gasteiger partial charge in [0.15, 0.2) is 5.96 Å². The van der Waals surface area contributed by atoms with Crippen molar-refractivity contribution >= 4 is 29.9 Å². The van der Waals surface area contributed by atoms with Crippen LogP contribution in [0.25, 0.3) is 0 Å². The number of guanidine groups is 1. The zero-order valence-corrected chi connectivity index (χ0v) is 13.9. The Labute approximate surface area is 135 Å². The summed E-state index contributed by atoms with van der Waals surface area (Å²) in [5.41, 5.74) is 6.60. The summed E-state index contributed by atoms with van der Waals surface area (Å²) in [6.07, 6.45) is 0. The highest BCUT2D eigenvalue weighted by Crippen LogP contribution is 2.16. The van der Waals surface area contributed by atoms with E-state index in [0.29, 0.717) is 12.5 Å². The summed E-state index contributed by atoms with van der Waals surface area (Å²) in [6.45, 7) is 3.05. The molecule has 0 saturated carbocycles. The molecule has 0 fully saturated rings. The Bertz CT molecular complexity index is 426. The van der Waals surface area contributed by atoms with E-state index >= 15 is 0 Å². The molecule has 0 unspecified atom stereocenters. The minimum Gasteiger partial charge on any atom is -0.435 e. The number of alkyl halides is 2. The van der Waals surface area contributed by atoms with E-state index in [1.54, 1.807) is 12.1 Å². The third-order valence-corrected chi connectivity index (χ3v) is 2.63. The Morgan fingerprint density at radius 2 is 2.00 bits per heavy atom. The van der Waals surface area contributed by atoms with Crippen molar-refractivity contribution in [3.05, 3.63) is 29.8 Å². The molecule has 1 rings (SSSR count). The molecule has 0 aliphatic rings. The number of hydrogen-bond donors (Lipinski definition) is 1. The van der Waals surface area contributed by atoms with Gasteiger partial charge in [-0.1, -0.05) is 12.1 Å². The van der Waals surface area contributed by atoms with E-state index in [-0.39, 0.29) is 29.7 Å². The average Bonchev–Trinajstić information content (AvgIpc) is 2.37. The molecule has 114 valence electrons. The van der Waals surface area contributed by atoms with Crippen LogP contribution in [0.4, 0.5) is 8.78 Å². The van der Waals surface area contributed by atoms with Crippen molar-refractivity contribution in [2.24, 2.45) is 10.7 Å². The van der Waals surface area contributed by atoms with Crippen LogP contribution in [0.2, 0.25) is 0 Å². The molecule has 4 nitrogen and oxygen atoms in total. The number of halogens is 3. The molecule has 2 N–H and O–H groups in total. The second-order valence-electron chi connectivity index (χ2n) is 3.87. The van der Waals surface area contributed by atoms with Gasteiger partial charge in [-0.05, 0) is 31.5 Å². The van der Waals surface area contributed by atoms with Gasteiger partial charge in [0.1, 0.15) is 5.75 Å². The molecule has 1 aromatic rings. The Balaban J connectivity index is 0.00000361. The predicted molar refractivity (Wildman–Crippen MR) is 86.7 cm³/mol. The first-order valence-corrected chi connectivity index (χ1v) is 6.15. The molecule has 7 heteroatoms. The molecule has 0 aliphatic carbocycles. The van der Waals surface area contributed by atoms with Crippen molar-refractivity contribution < 1.29 is 13.5 Å². The highest BCUT2D eigenvalue weighted by atomic mass is 127. The fourth-order valence-corrected chi connectivity index (χ4v) is 1.64. The second-order valence-corrected chi connectivity index (χ2v) is 3.87.